The van der Waals surface area contributed by atoms with Crippen molar-refractivity contribution in [1.29, 1.82) is 0 Å². The van der Waals surface area contributed by atoms with Crippen LogP contribution in [0.1, 0.15) is 18.4 Å². The van der Waals surface area contributed by atoms with Crippen LogP contribution in [0.2, 0.25) is 0 Å². The summed E-state index contributed by atoms with van der Waals surface area (Å²) in [6, 6.07) is 19.6. The van der Waals surface area contributed by atoms with Crippen molar-refractivity contribution < 1.29 is 19.0 Å². The zero-order valence-electron chi connectivity index (χ0n) is 18.6. The molecule has 168 valence electrons. The normalized spacial score (nSPS) is 15.6. The SMILES string of the molecule is COCC(=O)N(Cc1c(-c2ccccc2)nn(C)c1Oc1ccccc1)C[C@@H]1CCCO1. The third-order valence-corrected chi connectivity index (χ3v) is 5.51. The van der Waals surface area contributed by atoms with Crippen molar-refractivity contribution in [2.24, 2.45) is 7.05 Å². The summed E-state index contributed by atoms with van der Waals surface area (Å²) in [6.07, 6.45) is 2.00. The number of carbonyl (C=O) groups excluding carboxylic acids is 1. The lowest BCUT2D eigenvalue weighted by molar-refractivity contribution is -0.137. The molecule has 0 saturated carbocycles. The lowest BCUT2D eigenvalue weighted by Crippen LogP contribution is -2.39. The van der Waals surface area contributed by atoms with Crippen molar-refractivity contribution in [1.82, 2.24) is 14.7 Å². The van der Waals surface area contributed by atoms with E-state index in [9.17, 15) is 4.79 Å². The van der Waals surface area contributed by atoms with Crippen LogP contribution in [0, 0.1) is 0 Å². The van der Waals surface area contributed by atoms with Gasteiger partial charge in [-0.15, -0.1) is 0 Å². The number of benzene rings is 2. The van der Waals surface area contributed by atoms with Crippen LogP contribution in [-0.2, 0) is 27.9 Å². The Morgan fingerprint density at radius 2 is 1.88 bits per heavy atom. The van der Waals surface area contributed by atoms with Crippen LogP contribution in [0.25, 0.3) is 11.3 Å². The summed E-state index contributed by atoms with van der Waals surface area (Å²) < 4.78 is 18.9. The third kappa shape index (κ3) is 5.18. The van der Waals surface area contributed by atoms with Gasteiger partial charge in [-0.05, 0) is 25.0 Å². The summed E-state index contributed by atoms with van der Waals surface area (Å²) in [6.45, 7) is 1.61. The fourth-order valence-corrected chi connectivity index (χ4v) is 3.94. The van der Waals surface area contributed by atoms with Gasteiger partial charge in [-0.25, -0.2) is 4.68 Å². The second-order valence-electron chi connectivity index (χ2n) is 7.88. The first kappa shape index (κ1) is 22.0. The molecule has 1 aromatic heterocycles. The standard InChI is InChI=1S/C25H29N3O4/c1-27-25(32-20-12-7-4-8-13-20)22(24(26-27)19-10-5-3-6-11-19)17-28(23(29)18-30-2)16-21-14-9-15-31-21/h3-8,10-13,21H,9,14-18H2,1-2H3/t21-/m0/s1. The lowest BCUT2D eigenvalue weighted by Gasteiger charge is -2.26. The number of methoxy groups -OCH3 is 1. The second kappa shape index (κ2) is 10.4. The van der Waals surface area contributed by atoms with E-state index in [0.29, 0.717) is 24.7 Å². The van der Waals surface area contributed by atoms with Crippen molar-refractivity contribution in [3.63, 3.8) is 0 Å². The highest BCUT2D eigenvalue weighted by molar-refractivity contribution is 5.78. The Labute approximate surface area is 188 Å². The molecule has 7 heteroatoms. The van der Waals surface area contributed by atoms with Crippen molar-refractivity contribution in [3.05, 3.63) is 66.2 Å². The Hall–Kier alpha value is -3.16. The van der Waals surface area contributed by atoms with Gasteiger partial charge in [0.1, 0.15) is 18.1 Å². The molecule has 1 aliphatic rings. The first-order chi connectivity index (χ1) is 15.7. The quantitative estimate of drug-likeness (QED) is 0.508. The Kier molecular flexibility index (Phi) is 7.19. The Morgan fingerprint density at radius 1 is 1.16 bits per heavy atom. The van der Waals surface area contributed by atoms with E-state index >= 15 is 0 Å². The molecule has 4 rings (SSSR count). The van der Waals surface area contributed by atoms with Gasteiger partial charge >= 0.3 is 0 Å². The molecule has 0 radical (unpaired) electrons. The van der Waals surface area contributed by atoms with Gasteiger partial charge in [-0.2, -0.15) is 5.10 Å². The molecule has 1 fully saturated rings. The van der Waals surface area contributed by atoms with Crippen LogP contribution in [0.4, 0.5) is 0 Å². The number of amides is 1. The first-order valence-corrected chi connectivity index (χ1v) is 10.9. The van der Waals surface area contributed by atoms with Crippen molar-refractivity contribution in [2.75, 3.05) is 26.9 Å². The highest BCUT2D eigenvalue weighted by Gasteiger charge is 2.27. The van der Waals surface area contributed by atoms with Crippen LogP contribution < -0.4 is 4.74 Å². The molecule has 1 saturated heterocycles. The summed E-state index contributed by atoms with van der Waals surface area (Å²) in [7, 11) is 3.39. The molecule has 2 aromatic carbocycles. The fourth-order valence-electron chi connectivity index (χ4n) is 3.94. The maximum Gasteiger partial charge on any atom is 0.248 e. The summed E-state index contributed by atoms with van der Waals surface area (Å²) in [5.41, 5.74) is 2.61. The van der Waals surface area contributed by atoms with Crippen LogP contribution >= 0.6 is 0 Å². The van der Waals surface area contributed by atoms with Gasteiger partial charge in [-0.1, -0.05) is 48.5 Å². The number of para-hydroxylation sites is 1. The summed E-state index contributed by atoms with van der Waals surface area (Å²) >= 11 is 0. The number of rotatable bonds is 9. The van der Waals surface area contributed by atoms with Gasteiger partial charge in [0, 0.05) is 32.9 Å². The monoisotopic (exact) mass is 435 g/mol. The maximum atomic E-state index is 12.9. The molecule has 1 atom stereocenters. The summed E-state index contributed by atoms with van der Waals surface area (Å²) in [5, 5.41) is 4.76. The predicted octanol–water partition coefficient (Wildman–Crippen LogP) is 4.03. The maximum absolute atomic E-state index is 12.9. The van der Waals surface area contributed by atoms with Gasteiger partial charge < -0.3 is 19.1 Å². The molecule has 2 heterocycles. The first-order valence-electron chi connectivity index (χ1n) is 10.9. The molecule has 0 N–H and O–H groups in total. The average Bonchev–Trinajstić information content (AvgIpc) is 3.43. The van der Waals surface area contributed by atoms with E-state index in [4.69, 9.17) is 19.3 Å². The molecule has 1 amide bonds. The van der Waals surface area contributed by atoms with E-state index in [-0.39, 0.29) is 18.6 Å². The molecule has 0 unspecified atom stereocenters. The van der Waals surface area contributed by atoms with E-state index < -0.39 is 0 Å². The van der Waals surface area contributed by atoms with Crippen molar-refractivity contribution in [3.8, 4) is 22.9 Å². The summed E-state index contributed by atoms with van der Waals surface area (Å²) in [4.78, 5) is 14.7. The fraction of sp³-hybridized carbons (Fsp3) is 0.360. The number of aromatic nitrogens is 2. The van der Waals surface area contributed by atoms with Crippen LogP contribution in [0.3, 0.4) is 0 Å². The number of aryl methyl sites for hydroxylation is 1. The zero-order chi connectivity index (χ0) is 22.3. The van der Waals surface area contributed by atoms with Crippen molar-refractivity contribution in [2.45, 2.75) is 25.5 Å². The molecular weight excluding hydrogens is 406 g/mol. The third-order valence-electron chi connectivity index (χ3n) is 5.51. The molecule has 7 nitrogen and oxygen atoms in total. The van der Waals surface area contributed by atoms with Crippen LogP contribution in [-0.4, -0.2) is 53.6 Å². The van der Waals surface area contributed by atoms with Crippen molar-refractivity contribution >= 4 is 5.91 Å². The molecule has 0 bridgehead atoms. The largest absolute Gasteiger partial charge is 0.439 e. The molecule has 1 aliphatic heterocycles. The van der Waals surface area contributed by atoms with Gasteiger partial charge in [0.15, 0.2) is 0 Å². The van der Waals surface area contributed by atoms with Gasteiger partial charge in [0.05, 0.1) is 18.2 Å². The number of ether oxygens (including phenoxy) is 3. The molecule has 0 aliphatic carbocycles. The smallest absolute Gasteiger partial charge is 0.248 e. The highest BCUT2D eigenvalue weighted by atomic mass is 16.5. The van der Waals surface area contributed by atoms with Crippen LogP contribution in [0.15, 0.2) is 60.7 Å². The number of hydrogen-bond donors (Lipinski definition) is 0. The van der Waals surface area contributed by atoms with Gasteiger partial charge in [-0.3, -0.25) is 4.79 Å². The minimum absolute atomic E-state index is 0.0164. The number of carbonyl (C=O) groups is 1. The predicted molar refractivity (Wildman–Crippen MR) is 121 cm³/mol. The number of nitrogens with zero attached hydrogens (tertiary/aromatic N) is 3. The molecule has 0 spiro atoms. The lowest BCUT2D eigenvalue weighted by atomic mass is 10.1. The van der Waals surface area contributed by atoms with E-state index in [1.165, 1.54) is 7.11 Å². The average molecular weight is 436 g/mol. The van der Waals surface area contributed by atoms with E-state index in [0.717, 1.165) is 36.3 Å². The minimum atomic E-state index is -0.0866. The Bertz CT molecular complexity index is 1010. The van der Waals surface area contributed by atoms with E-state index in [2.05, 4.69) is 0 Å². The Balaban J connectivity index is 1.72. The summed E-state index contributed by atoms with van der Waals surface area (Å²) in [5.74, 6) is 1.24. The Morgan fingerprint density at radius 3 is 2.53 bits per heavy atom. The van der Waals surface area contributed by atoms with E-state index in [1.807, 2.05) is 67.7 Å². The minimum Gasteiger partial charge on any atom is -0.439 e. The second-order valence-corrected chi connectivity index (χ2v) is 7.88. The zero-order valence-corrected chi connectivity index (χ0v) is 18.6. The topological polar surface area (TPSA) is 65.8 Å². The van der Waals surface area contributed by atoms with E-state index in [1.54, 1.807) is 9.58 Å². The van der Waals surface area contributed by atoms with Gasteiger partial charge in [0.25, 0.3) is 0 Å². The molecule has 32 heavy (non-hydrogen) atoms. The van der Waals surface area contributed by atoms with Gasteiger partial charge in [0.2, 0.25) is 11.8 Å². The number of hydrogen-bond acceptors (Lipinski definition) is 5. The highest BCUT2D eigenvalue weighted by Crippen LogP contribution is 2.34. The molecule has 3 aromatic rings. The molecular formula is C25H29N3O4. The van der Waals surface area contributed by atoms with Crippen LogP contribution in [0.5, 0.6) is 11.6 Å².